The Hall–Kier alpha value is -2.31. The summed E-state index contributed by atoms with van der Waals surface area (Å²) in [6.07, 6.45) is 3.53. The number of ether oxygens (including phenoxy) is 1. The van der Waals surface area contributed by atoms with Gasteiger partial charge in [0, 0.05) is 22.2 Å². The molecule has 1 aliphatic heterocycles. The van der Waals surface area contributed by atoms with Crippen molar-refractivity contribution < 1.29 is 13.5 Å². The second-order valence-corrected chi connectivity index (χ2v) is 5.96. The van der Waals surface area contributed by atoms with E-state index in [9.17, 15) is 8.78 Å². The summed E-state index contributed by atoms with van der Waals surface area (Å²) in [6, 6.07) is 10.6. The third-order valence-electron chi connectivity index (χ3n) is 4.08. The van der Waals surface area contributed by atoms with Gasteiger partial charge in [0.15, 0.2) is 6.33 Å². The third-order valence-corrected chi connectivity index (χ3v) is 4.42. The molecule has 121 valence electrons. The molecule has 7 heteroatoms. The van der Waals surface area contributed by atoms with Gasteiger partial charge in [-0.15, -0.1) is 0 Å². The molecule has 0 bridgehead atoms. The predicted molar refractivity (Wildman–Crippen MR) is 82.2 cm³/mol. The van der Waals surface area contributed by atoms with Gasteiger partial charge >= 0.3 is 0 Å². The van der Waals surface area contributed by atoms with Crippen LogP contribution >= 0.6 is 11.6 Å². The molecule has 2 atom stereocenters. The summed E-state index contributed by atoms with van der Waals surface area (Å²) in [7, 11) is 0. The molecule has 0 N–H and O–H groups in total. The first kappa shape index (κ1) is 15.2. The van der Waals surface area contributed by atoms with Crippen LogP contribution in [0.5, 0.6) is 0 Å². The Morgan fingerprint density at radius 3 is 2.79 bits per heavy atom. The number of hydrogen-bond donors (Lipinski definition) is 0. The minimum absolute atomic E-state index is 0.186. The summed E-state index contributed by atoms with van der Waals surface area (Å²) in [5.41, 5.74) is -0.0480. The van der Waals surface area contributed by atoms with Gasteiger partial charge in [-0.3, -0.25) is 0 Å². The molecule has 0 saturated carbocycles. The first-order valence-corrected chi connectivity index (χ1v) is 7.61. The molecule has 3 aromatic rings. The van der Waals surface area contributed by atoms with Gasteiger partial charge in [0.2, 0.25) is 0 Å². The molecule has 0 aliphatic carbocycles. The Kier molecular flexibility index (Phi) is 3.58. The van der Waals surface area contributed by atoms with Crippen LogP contribution in [-0.4, -0.2) is 14.8 Å². The second kappa shape index (κ2) is 5.65. The summed E-state index contributed by atoms with van der Waals surface area (Å²) in [6.45, 7) is 0.186. The number of hydrogen-bond acceptors (Lipinski definition) is 3. The molecule has 1 saturated heterocycles. The lowest BCUT2D eigenvalue weighted by atomic mass is 9.91. The van der Waals surface area contributed by atoms with E-state index in [1.165, 1.54) is 23.1 Å². The lowest BCUT2D eigenvalue weighted by Gasteiger charge is -2.15. The van der Waals surface area contributed by atoms with Crippen molar-refractivity contribution in [3.05, 3.63) is 82.9 Å². The molecule has 2 aromatic carbocycles. The fourth-order valence-corrected chi connectivity index (χ4v) is 3.16. The van der Waals surface area contributed by atoms with Crippen LogP contribution in [0.3, 0.4) is 0 Å². The first-order valence-electron chi connectivity index (χ1n) is 7.23. The third kappa shape index (κ3) is 2.48. The number of halogens is 3. The largest absolute Gasteiger partial charge is 0.354 e. The molecule has 4 nitrogen and oxygen atoms in total. The van der Waals surface area contributed by atoms with E-state index in [0.717, 1.165) is 11.6 Å². The number of aromatic nitrogens is 3. The van der Waals surface area contributed by atoms with Gasteiger partial charge in [-0.05, 0) is 12.1 Å². The Bertz CT molecular complexity index is 887. The maximum Gasteiger partial charge on any atom is 0.196 e. The van der Waals surface area contributed by atoms with Crippen molar-refractivity contribution in [1.29, 1.82) is 0 Å². The molecule has 1 aliphatic rings. The quantitative estimate of drug-likeness (QED) is 0.677. The van der Waals surface area contributed by atoms with Gasteiger partial charge < -0.3 is 4.74 Å². The molecule has 1 aromatic heterocycles. The monoisotopic (exact) mass is 346 g/mol. The summed E-state index contributed by atoms with van der Waals surface area (Å²) < 4.78 is 35.0. The Labute approximate surface area is 141 Å². The van der Waals surface area contributed by atoms with Crippen molar-refractivity contribution in [1.82, 2.24) is 14.8 Å². The van der Waals surface area contributed by atoms with E-state index in [2.05, 4.69) is 16.4 Å². The van der Waals surface area contributed by atoms with Gasteiger partial charge in [0.25, 0.3) is 0 Å². The molecule has 0 spiro atoms. The van der Waals surface area contributed by atoms with Crippen molar-refractivity contribution in [3.8, 4) is 0 Å². The van der Waals surface area contributed by atoms with E-state index in [1.54, 1.807) is 12.1 Å². The van der Waals surface area contributed by atoms with Gasteiger partial charge in [0.05, 0.1) is 6.54 Å². The molecule has 2 heterocycles. The van der Waals surface area contributed by atoms with E-state index in [-0.39, 0.29) is 12.1 Å². The molecule has 1 radical (unpaired) electrons. The zero-order valence-electron chi connectivity index (χ0n) is 12.3. The lowest BCUT2D eigenvalue weighted by molar-refractivity contribution is 0.256. The zero-order valence-corrected chi connectivity index (χ0v) is 13.0. The van der Waals surface area contributed by atoms with Crippen LogP contribution < -0.4 is 0 Å². The Balaban J connectivity index is 1.79. The molecule has 0 unspecified atom stereocenters. The van der Waals surface area contributed by atoms with Crippen molar-refractivity contribution in [3.63, 3.8) is 0 Å². The van der Waals surface area contributed by atoms with Crippen LogP contribution in [0.25, 0.3) is 0 Å². The van der Waals surface area contributed by atoms with Gasteiger partial charge in [-0.1, -0.05) is 35.9 Å². The highest BCUT2D eigenvalue weighted by Crippen LogP contribution is 2.59. The number of epoxide rings is 1. The number of nitrogens with zero attached hydrogens (tertiary/aromatic N) is 3. The van der Waals surface area contributed by atoms with Crippen molar-refractivity contribution in [2.45, 2.75) is 18.2 Å². The van der Waals surface area contributed by atoms with Crippen LogP contribution in [0, 0.1) is 18.0 Å². The maximum absolute atomic E-state index is 14.4. The summed E-state index contributed by atoms with van der Waals surface area (Å²) >= 11 is 6.24. The highest BCUT2D eigenvalue weighted by Gasteiger charge is 2.60. The second-order valence-electron chi connectivity index (χ2n) is 5.55. The van der Waals surface area contributed by atoms with Crippen LogP contribution in [0.4, 0.5) is 8.78 Å². The van der Waals surface area contributed by atoms with Crippen molar-refractivity contribution in [2.75, 3.05) is 0 Å². The number of rotatable bonds is 4. The Morgan fingerprint density at radius 2 is 2.08 bits per heavy atom. The van der Waals surface area contributed by atoms with Gasteiger partial charge in [-0.2, -0.15) is 5.10 Å². The fourth-order valence-electron chi connectivity index (χ4n) is 2.93. The normalized spacial score (nSPS) is 22.5. The summed E-state index contributed by atoms with van der Waals surface area (Å²) in [5.74, 6) is -1.32. The standard InChI is InChI=1S/C17H11ClF2N3O/c18-14-4-2-1-3-12(14)16-17(24-16,8-23-10-21-9-22-23)13-6-5-11(19)7-15(13)20/h1-7,9,16H,8H2/t16-,17-/m0/s1. The van der Waals surface area contributed by atoms with E-state index in [1.807, 2.05) is 12.1 Å². The van der Waals surface area contributed by atoms with E-state index in [4.69, 9.17) is 16.3 Å². The van der Waals surface area contributed by atoms with Crippen LogP contribution in [-0.2, 0) is 16.9 Å². The minimum Gasteiger partial charge on any atom is -0.354 e. The molecular weight excluding hydrogens is 336 g/mol. The average Bonchev–Trinajstić information content (AvgIpc) is 3.01. The first-order chi connectivity index (χ1) is 11.6. The highest BCUT2D eigenvalue weighted by atomic mass is 35.5. The van der Waals surface area contributed by atoms with E-state index < -0.39 is 23.3 Å². The SMILES string of the molecule is Fc1ccc([C@]2(Cn3[c]ncn3)O[C@H]2c2ccccc2Cl)c(F)c1. The van der Waals surface area contributed by atoms with Crippen LogP contribution in [0.15, 0.2) is 48.8 Å². The smallest absolute Gasteiger partial charge is 0.196 e. The molecule has 1 fully saturated rings. The fraction of sp³-hybridized carbons (Fsp3) is 0.176. The van der Waals surface area contributed by atoms with Crippen LogP contribution in [0.1, 0.15) is 17.2 Å². The van der Waals surface area contributed by atoms with Gasteiger partial charge in [0.1, 0.15) is 29.7 Å². The molecular formula is C17H11ClF2N3O. The Morgan fingerprint density at radius 1 is 1.25 bits per heavy atom. The van der Waals surface area contributed by atoms with Crippen LogP contribution in [0.2, 0.25) is 5.02 Å². The van der Waals surface area contributed by atoms with Crippen molar-refractivity contribution in [2.24, 2.45) is 0 Å². The molecule has 4 rings (SSSR count). The zero-order chi connectivity index (χ0) is 16.7. The lowest BCUT2D eigenvalue weighted by Crippen LogP contribution is -2.21. The maximum atomic E-state index is 14.4. The highest BCUT2D eigenvalue weighted by molar-refractivity contribution is 6.31. The topological polar surface area (TPSA) is 43.2 Å². The van der Waals surface area contributed by atoms with E-state index >= 15 is 0 Å². The predicted octanol–water partition coefficient (Wildman–Crippen LogP) is 3.68. The number of benzene rings is 2. The van der Waals surface area contributed by atoms with Crippen molar-refractivity contribution >= 4 is 11.6 Å². The van der Waals surface area contributed by atoms with Gasteiger partial charge in [-0.25, -0.2) is 18.4 Å². The minimum atomic E-state index is -1.03. The summed E-state index contributed by atoms with van der Waals surface area (Å²) in [5, 5.41) is 4.53. The summed E-state index contributed by atoms with van der Waals surface area (Å²) in [4.78, 5) is 3.77. The molecule has 0 amide bonds. The van der Waals surface area contributed by atoms with E-state index in [0.29, 0.717) is 5.02 Å². The molecule has 24 heavy (non-hydrogen) atoms. The average molecular weight is 347 g/mol.